The van der Waals surface area contributed by atoms with Gasteiger partial charge < -0.3 is 15.8 Å². The molecule has 0 fully saturated rings. The van der Waals surface area contributed by atoms with E-state index in [0.717, 1.165) is 21.3 Å². The first-order valence-corrected chi connectivity index (χ1v) is 7.27. The maximum absolute atomic E-state index is 12.2. The third kappa shape index (κ3) is 3.98. The number of halogens is 1. The Morgan fingerprint density at radius 1 is 1.33 bits per heavy atom. The molecule has 4 nitrogen and oxygen atoms in total. The van der Waals surface area contributed by atoms with Gasteiger partial charge in [0.2, 0.25) is 5.91 Å². The molecule has 0 unspecified atom stereocenters. The summed E-state index contributed by atoms with van der Waals surface area (Å²) in [6.07, 6.45) is 0.270. The lowest BCUT2D eigenvalue weighted by atomic mass is 10.1. The lowest BCUT2D eigenvalue weighted by Crippen LogP contribution is -2.16. The summed E-state index contributed by atoms with van der Waals surface area (Å²) in [5, 5.41) is 2.87. The molecule has 5 heteroatoms. The van der Waals surface area contributed by atoms with Gasteiger partial charge in [-0.3, -0.25) is 4.79 Å². The smallest absolute Gasteiger partial charge is 0.228 e. The van der Waals surface area contributed by atoms with Crippen LogP contribution in [0.5, 0.6) is 5.75 Å². The Morgan fingerprint density at radius 3 is 2.76 bits per heavy atom. The van der Waals surface area contributed by atoms with Crippen LogP contribution in [0.4, 0.5) is 11.4 Å². The summed E-state index contributed by atoms with van der Waals surface area (Å²) in [6.45, 7) is 1.91. The highest BCUT2D eigenvalue weighted by Crippen LogP contribution is 2.28. The zero-order valence-electron chi connectivity index (χ0n) is 11.9. The number of hydrogen-bond acceptors (Lipinski definition) is 3. The molecule has 1 amide bonds. The molecule has 0 bridgehead atoms. The number of carbonyl (C=O) groups is 1. The molecule has 0 aliphatic carbocycles. The summed E-state index contributed by atoms with van der Waals surface area (Å²) in [5.41, 5.74) is 8.95. The van der Waals surface area contributed by atoms with Crippen molar-refractivity contribution in [1.82, 2.24) is 0 Å². The molecule has 0 saturated carbocycles. The Hall–Kier alpha value is -2.01. The number of anilines is 2. The first-order chi connectivity index (χ1) is 9.99. The number of aryl methyl sites for hydroxylation is 1. The van der Waals surface area contributed by atoms with E-state index in [-0.39, 0.29) is 12.3 Å². The zero-order chi connectivity index (χ0) is 15.4. The molecule has 2 aromatic carbocycles. The summed E-state index contributed by atoms with van der Waals surface area (Å²) < 4.78 is 6.04. The van der Waals surface area contributed by atoms with Gasteiger partial charge >= 0.3 is 0 Å². The van der Waals surface area contributed by atoms with Crippen LogP contribution in [0.25, 0.3) is 0 Å². The highest BCUT2D eigenvalue weighted by Gasteiger charge is 2.10. The second-order valence-electron chi connectivity index (χ2n) is 4.76. The number of hydrogen-bond donors (Lipinski definition) is 2. The molecule has 0 aromatic heterocycles. The normalized spacial score (nSPS) is 10.2. The summed E-state index contributed by atoms with van der Waals surface area (Å²) in [4.78, 5) is 12.2. The fourth-order valence-corrected chi connectivity index (χ4v) is 2.68. The van der Waals surface area contributed by atoms with Crippen molar-refractivity contribution in [1.29, 1.82) is 0 Å². The van der Waals surface area contributed by atoms with Gasteiger partial charge in [0.1, 0.15) is 5.75 Å². The van der Waals surface area contributed by atoms with E-state index in [1.807, 2.05) is 37.3 Å². The molecule has 3 N–H and O–H groups in total. The Balaban J connectivity index is 2.12. The monoisotopic (exact) mass is 348 g/mol. The minimum absolute atomic E-state index is 0.111. The van der Waals surface area contributed by atoms with Crippen molar-refractivity contribution >= 4 is 33.2 Å². The van der Waals surface area contributed by atoms with E-state index in [2.05, 4.69) is 21.2 Å². The highest BCUT2D eigenvalue weighted by molar-refractivity contribution is 9.10. The Labute approximate surface area is 132 Å². The van der Waals surface area contributed by atoms with Crippen molar-refractivity contribution in [2.24, 2.45) is 0 Å². The highest BCUT2D eigenvalue weighted by atomic mass is 79.9. The zero-order valence-corrected chi connectivity index (χ0v) is 13.5. The van der Waals surface area contributed by atoms with Crippen LogP contribution in [0.2, 0.25) is 0 Å². The molecule has 0 spiro atoms. The van der Waals surface area contributed by atoms with Crippen molar-refractivity contribution < 1.29 is 9.53 Å². The largest absolute Gasteiger partial charge is 0.497 e. The van der Waals surface area contributed by atoms with Crippen molar-refractivity contribution in [3.63, 3.8) is 0 Å². The molecule has 110 valence electrons. The number of benzene rings is 2. The van der Waals surface area contributed by atoms with E-state index in [1.54, 1.807) is 13.2 Å². The van der Waals surface area contributed by atoms with Crippen LogP contribution in [-0.2, 0) is 11.2 Å². The summed E-state index contributed by atoms with van der Waals surface area (Å²) in [6, 6.07) is 11.1. The van der Waals surface area contributed by atoms with Crippen LogP contribution in [-0.4, -0.2) is 13.0 Å². The molecule has 0 aliphatic heterocycles. The second-order valence-corrected chi connectivity index (χ2v) is 5.68. The van der Waals surface area contributed by atoms with Gasteiger partial charge in [-0.15, -0.1) is 0 Å². The number of methoxy groups -OCH3 is 1. The van der Waals surface area contributed by atoms with Gasteiger partial charge in [-0.05, 0) is 42.3 Å². The van der Waals surface area contributed by atoms with Crippen LogP contribution >= 0.6 is 15.9 Å². The van der Waals surface area contributed by atoms with Gasteiger partial charge in [0, 0.05) is 4.47 Å². The maximum Gasteiger partial charge on any atom is 0.228 e. The fourth-order valence-electron chi connectivity index (χ4n) is 2.09. The summed E-state index contributed by atoms with van der Waals surface area (Å²) in [7, 11) is 1.60. The number of carbonyl (C=O) groups excluding carboxylic acids is 1. The van der Waals surface area contributed by atoms with E-state index in [4.69, 9.17) is 10.5 Å². The van der Waals surface area contributed by atoms with Crippen LogP contribution in [0.1, 0.15) is 11.1 Å². The lowest BCUT2D eigenvalue weighted by Gasteiger charge is -2.12. The van der Waals surface area contributed by atoms with Crippen LogP contribution in [0.3, 0.4) is 0 Å². The Morgan fingerprint density at radius 2 is 2.10 bits per heavy atom. The summed E-state index contributed by atoms with van der Waals surface area (Å²) in [5.74, 6) is 0.625. The van der Waals surface area contributed by atoms with Crippen LogP contribution < -0.4 is 15.8 Å². The van der Waals surface area contributed by atoms with Gasteiger partial charge in [0.15, 0.2) is 0 Å². The molecule has 2 aromatic rings. The van der Waals surface area contributed by atoms with E-state index >= 15 is 0 Å². The number of amides is 1. The third-order valence-electron chi connectivity index (χ3n) is 3.09. The van der Waals surface area contributed by atoms with Crippen molar-refractivity contribution in [3.8, 4) is 5.75 Å². The SMILES string of the molecule is COc1cccc(CC(=O)Nc2c(C)cc(Br)cc2N)c1. The van der Waals surface area contributed by atoms with Gasteiger partial charge in [-0.2, -0.15) is 0 Å². The quantitative estimate of drug-likeness (QED) is 0.830. The van der Waals surface area contributed by atoms with Crippen LogP contribution in [0, 0.1) is 6.92 Å². The Bertz CT molecular complexity index is 648. The molecular formula is C16H17BrN2O2. The molecular weight excluding hydrogens is 332 g/mol. The molecule has 21 heavy (non-hydrogen) atoms. The van der Waals surface area contributed by atoms with Crippen LogP contribution in [0.15, 0.2) is 40.9 Å². The molecule has 0 atom stereocenters. The number of ether oxygens (including phenoxy) is 1. The van der Waals surface area contributed by atoms with E-state index in [9.17, 15) is 4.79 Å². The predicted octanol–water partition coefficient (Wildman–Crippen LogP) is 3.53. The van der Waals surface area contributed by atoms with Crippen molar-refractivity contribution in [3.05, 3.63) is 52.0 Å². The Kier molecular flexibility index (Phi) is 4.85. The van der Waals surface area contributed by atoms with Crippen molar-refractivity contribution in [2.75, 3.05) is 18.2 Å². The standard InChI is InChI=1S/C16H17BrN2O2/c1-10-6-12(17)9-14(18)16(10)19-15(20)8-11-4-3-5-13(7-11)21-2/h3-7,9H,8,18H2,1-2H3,(H,19,20). The number of nitrogens with two attached hydrogens (primary N) is 1. The van der Waals surface area contributed by atoms with Crippen molar-refractivity contribution in [2.45, 2.75) is 13.3 Å². The van der Waals surface area contributed by atoms with E-state index < -0.39 is 0 Å². The molecule has 0 heterocycles. The summed E-state index contributed by atoms with van der Waals surface area (Å²) >= 11 is 3.38. The first kappa shape index (κ1) is 15.4. The van der Waals surface area contributed by atoms with Gasteiger partial charge in [-0.1, -0.05) is 28.1 Å². The van der Waals surface area contributed by atoms with Gasteiger partial charge in [-0.25, -0.2) is 0 Å². The molecule has 0 aliphatic rings. The maximum atomic E-state index is 12.2. The minimum Gasteiger partial charge on any atom is -0.497 e. The fraction of sp³-hybridized carbons (Fsp3) is 0.188. The third-order valence-corrected chi connectivity index (χ3v) is 3.55. The number of rotatable bonds is 4. The minimum atomic E-state index is -0.111. The average molecular weight is 349 g/mol. The number of nitrogens with one attached hydrogen (secondary N) is 1. The van der Waals surface area contributed by atoms with Gasteiger partial charge in [0.25, 0.3) is 0 Å². The average Bonchev–Trinajstić information content (AvgIpc) is 2.43. The second kappa shape index (κ2) is 6.63. The molecule has 0 radical (unpaired) electrons. The topological polar surface area (TPSA) is 64.3 Å². The van der Waals surface area contributed by atoms with E-state index in [1.165, 1.54) is 0 Å². The lowest BCUT2D eigenvalue weighted by molar-refractivity contribution is -0.115. The molecule has 0 saturated heterocycles. The van der Waals surface area contributed by atoms with E-state index in [0.29, 0.717) is 11.4 Å². The molecule has 2 rings (SSSR count). The first-order valence-electron chi connectivity index (χ1n) is 6.48. The predicted molar refractivity (Wildman–Crippen MR) is 88.6 cm³/mol. The number of nitrogen functional groups attached to an aromatic ring is 1. The van der Waals surface area contributed by atoms with Gasteiger partial charge in [0.05, 0.1) is 24.9 Å².